The average Bonchev–Trinajstić information content (AvgIpc) is 3.26. The summed E-state index contributed by atoms with van der Waals surface area (Å²) in [6.45, 7) is 2.44. The second kappa shape index (κ2) is 8.76. The topological polar surface area (TPSA) is 121 Å². The molecule has 1 aromatic carbocycles. The van der Waals surface area contributed by atoms with E-state index in [-0.39, 0.29) is 36.3 Å². The first-order chi connectivity index (χ1) is 14.5. The van der Waals surface area contributed by atoms with E-state index in [1.54, 1.807) is 16.0 Å². The van der Waals surface area contributed by atoms with Crippen LogP contribution in [0, 0.1) is 0 Å². The van der Waals surface area contributed by atoms with Crippen molar-refractivity contribution in [3.63, 3.8) is 0 Å². The molecular weight excluding hydrogens is 384 g/mol. The smallest absolute Gasteiger partial charge is 0.255 e. The van der Waals surface area contributed by atoms with Gasteiger partial charge in [0.2, 0.25) is 11.8 Å². The van der Waals surface area contributed by atoms with Crippen LogP contribution in [0.25, 0.3) is 10.9 Å². The molecule has 2 aromatic rings. The molecule has 2 aliphatic heterocycles. The van der Waals surface area contributed by atoms with Crippen molar-refractivity contribution in [1.82, 2.24) is 25.4 Å². The van der Waals surface area contributed by atoms with E-state index in [2.05, 4.69) is 15.6 Å². The van der Waals surface area contributed by atoms with Gasteiger partial charge in [-0.2, -0.15) is 0 Å². The van der Waals surface area contributed by atoms with Gasteiger partial charge in [-0.3, -0.25) is 19.4 Å². The number of nitrogens with two attached hydrogens (primary N) is 1. The zero-order chi connectivity index (χ0) is 21.1. The van der Waals surface area contributed by atoms with Gasteiger partial charge in [0, 0.05) is 50.3 Å². The maximum Gasteiger partial charge on any atom is 0.255 e. The summed E-state index contributed by atoms with van der Waals surface area (Å²) >= 11 is 0. The molecule has 4 rings (SSSR count). The minimum atomic E-state index is -0.319. The maximum absolute atomic E-state index is 12.9. The highest BCUT2D eigenvalue weighted by molar-refractivity contribution is 5.97. The number of nitrogens with one attached hydrogen (secondary N) is 2. The summed E-state index contributed by atoms with van der Waals surface area (Å²) in [4.78, 5) is 45.0. The van der Waals surface area contributed by atoms with Crippen LogP contribution in [0.5, 0.6) is 0 Å². The van der Waals surface area contributed by atoms with Crippen molar-refractivity contribution in [2.45, 2.75) is 18.5 Å². The summed E-state index contributed by atoms with van der Waals surface area (Å²) in [6, 6.07) is 9.15. The number of benzene rings is 1. The van der Waals surface area contributed by atoms with Gasteiger partial charge in [0.25, 0.3) is 5.91 Å². The first kappa shape index (κ1) is 20.2. The third-order valence-electron chi connectivity index (χ3n) is 5.70. The first-order valence-electron chi connectivity index (χ1n) is 10.2. The van der Waals surface area contributed by atoms with Gasteiger partial charge in [0.05, 0.1) is 23.7 Å². The lowest BCUT2D eigenvalue weighted by atomic mass is 10.1. The van der Waals surface area contributed by atoms with Gasteiger partial charge in [-0.05, 0) is 18.6 Å². The number of rotatable bonds is 4. The largest absolute Gasteiger partial charge is 0.351 e. The number of nitrogens with zero attached hydrogens (tertiary/aromatic N) is 3. The molecule has 9 heteroatoms. The van der Waals surface area contributed by atoms with Crippen LogP contribution in [0.4, 0.5) is 0 Å². The van der Waals surface area contributed by atoms with Crippen LogP contribution in [-0.2, 0) is 9.59 Å². The van der Waals surface area contributed by atoms with Gasteiger partial charge in [-0.25, -0.2) is 0 Å². The third kappa shape index (κ3) is 4.27. The molecular formula is C21H26N6O3. The lowest BCUT2D eigenvalue weighted by Gasteiger charge is -2.36. The molecule has 2 fully saturated rings. The van der Waals surface area contributed by atoms with Crippen LogP contribution in [0.2, 0.25) is 0 Å². The summed E-state index contributed by atoms with van der Waals surface area (Å²) in [5.74, 6) is -0.270. The Labute approximate surface area is 174 Å². The van der Waals surface area contributed by atoms with Crippen LogP contribution in [0.1, 0.15) is 16.8 Å². The molecule has 9 nitrogen and oxygen atoms in total. The molecule has 30 heavy (non-hydrogen) atoms. The van der Waals surface area contributed by atoms with Crippen LogP contribution in [0.15, 0.2) is 36.5 Å². The number of hydrogen-bond acceptors (Lipinski definition) is 6. The Morgan fingerprint density at radius 3 is 2.63 bits per heavy atom. The molecule has 1 unspecified atom stereocenters. The number of carbonyl (C=O) groups excluding carboxylic acids is 3. The quantitative estimate of drug-likeness (QED) is 0.615. The van der Waals surface area contributed by atoms with Gasteiger partial charge in [-0.15, -0.1) is 0 Å². The lowest BCUT2D eigenvalue weighted by molar-refractivity contribution is -0.134. The van der Waals surface area contributed by atoms with E-state index >= 15 is 0 Å². The number of pyridine rings is 1. The summed E-state index contributed by atoms with van der Waals surface area (Å²) < 4.78 is 0. The summed E-state index contributed by atoms with van der Waals surface area (Å²) in [6.07, 6.45) is 2.16. The number of piperazine rings is 1. The highest BCUT2D eigenvalue weighted by Gasteiger charge is 2.34. The second-order valence-electron chi connectivity index (χ2n) is 7.70. The zero-order valence-electron chi connectivity index (χ0n) is 16.7. The fourth-order valence-electron chi connectivity index (χ4n) is 4.04. The van der Waals surface area contributed by atoms with E-state index in [0.29, 0.717) is 44.7 Å². The normalized spacial score (nSPS) is 21.6. The molecule has 3 heterocycles. The fourth-order valence-corrected chi connectivity index (χ4v) is 4.04. The molecule has 158 valence electrons. The Hall–Kier alpha value is -3.04. The van der Waals surface area contributed by atoms with Gasteiger partial charge < -0.3 is 26.2 Å². The molecule has 0 radical (unpaired) electrons. The Morgan fingerprint density at radius 1 is 1.13 bits per heavy atom. The van der Waals surface area contributed by atoms with Gasteiger partial charge >= 0.3 is 0 Å². The van der Waals surface area contributed by atoms with E-state index < -0.39 is 0 Å². The molecule has 2 atom stereocenters. The Morgan fingerprint density at radius 2 is 1.87 bits per heavy atom. The van der Waals surface area contributed by atoms with Gasteiger partial charge in [0.1, 0.15) is 0 Å². The zero-order valence-corrected chi connectivity index (χ0v) is 16.7. The first-order valence-corrected chi connectivity index (χ1v) is 10.2. The van der Waals surface area contributed by atoms with E-state index in [0.717, 1.165) is 10.9 Å². The Bertz CT molecular complexity index is 957. The molecule has 3 amide bonds. The molecule has 4 N–H and O–H groups in total. The molecule has 0 spiro atoms. The minimum Gasteiger partial charge on any atom is -0.351 e. The van der Waals surface area contributed by atoms with Crippen LogP contribution in [-0.4, -0.2) is 83.9 Å². The number of carbonyl (C=O) groups is 3. The van der Waals surface area contributed by atoms with Crippen molar-refractivity contribution in [1.29, 1.82) is 0 Å². The highest BCUT2D eigenvalue weighted by atomic mass is 16.2. The SMILES string of the molecule is NCC(=O)NC1CN[C@@H](C(=O)N2CCN(C(=O)c3cnc4ccccc4c3)CC2)C1. The maximum atomic E-state index is 12.9. The van der Waals surface area contributed by atoms with E-state index in [9.17, 15) is 14.4 Å². The predicted molar refractivity (Wildman–Crippen MR) is 112 cm³/mol. The Balaban J connectivity index is 1.31. The van der Waals surface area contributed by atoms with Crippen molar-refractivity contribution >= 4 is 28.6 Å². The average molecular weight is 410 g/mol. The molecule has 1 aromatic heterocycles. The van der Waals surface area contributed by atoms with Crippen molar-refractivity contribution in [2.75, 3.05) is 39.3 Å². The summed E-state index contributed by atoms with van der Waals surface area (Å²) in [5, 5.41) is 6.92. The third-order valence-corrected chi connectivity index (χ3v) is 5.70. The number of fused-ring (bicyclic) bond motifs is 1. The van der Waals surface area contributed by atoms with E-state index in [4.69, 9.17) is 5.73 Å². The summed E-state index contributed by atoms with van der Waals surface area (Å²) in [7, 11) is 0. The standard InChI is InChI=1S/C21H26N6O3/c22-11-19(28)25-16-10-18(24-13-16)21(30)27-7-5-26(6-8-27)20(29)15-9-14-3-1-2-4-17(14)23-12-15/h1-4,9,12,16,18,24H,5-8,10-11,13,22H2,(H,25,28)/t16?,18-/m1/s1. The van der Waals surface area contributed by atoms with Crippen LogP contribution >= 0.6 is 0 Å². The number of para-hydroxylation sites is 1. The Kier molecular flexibility index (Phi) is 5.91. The number of hydrogen-bond donors (Lipinski definition) is 3. The fraction of sp³-hybridized carbons (Fsp3) is 0.429. The van der Waals surface area contributed by atoms with Crippen molar-refractivity contribution in [3.8, 4) is 0 Å². The second-order valence-corrected chi connectivity index (χ2v) is 7.70. The monoisotopic (exact) mass is 410 g/mol. The predicted octanol–water partition coefficient (Wildman–Crippen LogP) is -0.675. The van der Waals surface area contributed by atoms with Crippen LogP contribution < -0.4 is 16.4 Å². The van der Waals surface area contributed by atoms with E-state index in [1.807, 2.05) is 30.3 Å². The minimum absolute atomic E-state index is 0.0129. The molecule has 0 bridgehead atoms. The van der Waals surface area contributed by atoms with Crippen LogP contribution in [0.3, 0.4) is 0 Å². The molecule has 2 saturated heterocycles. The number of amides is 3. The molecule has 0 aliphatic carbocycles. The molecule has 0 saturated carbocycles. The van der Waals surface area contributed by atoms with Crippen molar-refractivity contribution < 1.29 is 14.4 Å². The lowest BCUT2D eigenvalue weighted by Crippen LogP contribution is -2.54. The molecule has 2 aliphatic rings. The highest BCUT2D eigenvalue weighted by Crippen LogP contribution is 2.16. The summed E-state index contributed by atoms with van der Waals surface area (Å²) in [5.41, 5.74) is 6.74. The number of aromatic nitrogens is 1. The van der Waals surface area contributed by atoms with Crippen molar-refractivity contribution in [2.24, 2.45) is 5.73 Å². The van der Waals surface area contributed by atoms with Gasteiger partial charge in [-0.1, -0.05) is 18.2 Å². The van der Waals surface area contributed by atoms with E-state index in [1.165, 1.54) is 0 Å². The van der Waals surface area contributed by atoms with Crippen molar-refractivity contribution in [3.05, 3.63) is 42.1 Å². The van der Waals surface area contributed by atoms with Gasteiger partial charge in [0.15, 0.2) is 0 Å².